The highest BCUT2D eigenvalue weighted by atomic mass is 19.1. The summed E-state index contributed by atoms with van der Waals surface area (Å²) >= 11 is 0. The van der Waals surface area contributed by atoms with Gasteiger partial charge in [-0.3, -0.25) is 9.59 Å². The smallest absolute Gasteiger partial charge is 0.265 e. The number of amides is 1. The van der Waals surface area contributed by atoms with Crippen LogP contribution in [-0.2, 0) is 4.79 Å². The number of ether oxygens (including phenoxy) is 1. The number of anilines is 1. The predicted octanol–water partition coefficient (Wildman–Crippen LogP) is 2.78. The van der Waals surface area contributed by atoms with Crippen molar-refractivity contribution in [1.82, 2.24) is 0 Å². The van der Waals surface area contributed by atoms with Crippen LogP contribution in [0.4, 0.5) is 10.1 Å². The van der Waals surface area contributed by atoms with E-state index >= 15 is 0 Å². The van der Waals surface area contributed by atoms with Gasteiger partial charge in [-0.2, -0.15) is 0 Å². The van der Waals surface area contributed by atoms with Gasteiger partial charge in [0.2, 0.25) is 0 Å². The Labute approximate surface area is 120 Å². The Balaban J connectivity index is 1.93. The largest absolute Gasteiger partial charge is 0.479 e. The lowest BCUT2D eigenvalue weighted by Crippen LogP contribution is -2.34. The van der Waals surface area contributed by atoms with E-state index in [0.717, 1.165) is 0 Å². The Kier molecular flexibility index (Phi) is 3.17. The Bertz CT molecular complexity index is 725. The van der Waals surface area contributed by atoms with Crippen molar-refractivity contribution in [2.45, 2.75) is 13.0 Å². The van der Waals surface area contributed by atoms with Crippen LogP contribution in [0.25, 0.3) is 0 Å². The maximum absolute atomic E-state index is 12.9. The van der Waals surface area contributed by atoms with Gasteiger partial charge in [0.15, 0.2) is 11.9 Å². The fourth-order valence-corrected chi connectivity index (χ4v) is 2.12. The van der Waals surface area contributed by atoms with Gasteiger partial charge < -0.3 is 10.1 Å². The minimum absolute atomic E-state index is 0.245. The van der Waals surface area contributed by atoms with E-state index in [1.54, 1.807) is 25.1 Å². The summed E-state index contributed by atoms with van der Waals surface area (Å²) in [7, 11) is 0. The van der Waals surface area contributed by atoms with Gasteiger partial charge in [0.25, 0.3) is 5.91 Å². The summed E-state index contributed by atoms with van der Waals surface area (Å²) < 4.78 is 18.3. The third-order valence-corrected chi connectivity index (χ3v) is 3.28. The summed E-state index contributed by atoms with van der Waals surface area (Å²) in [5.41, 5.74) is 1.25. The van der Waals surface area contributed by atoms with Gasteiger partial charge in [0, 0.05) is 11.1 Å². The second-order valence-electron chi connectivity index (χ2n) is 4.80. The molecule has 0 saturated heterocycles. The fourth-order valence-electron chi connectivity index (χ4n) is 2.12. The Morgan fingerprint density at radius 1 is 1.14 bits per heavy atom. The molecule has 106 valence electrons. The van der Waals surface area contributed by atoms with E-state index in [9.17, 15) is 14.0 Å². The van der Waals surface area contributed by atoms with Crippen molar-refractivity contribution in [3.05, 3.63) is 59.4 Å². The van der Waals surface area contributed by atoms with Gasteiger partial charge >= 0.3 is 0 Å². The summed E-state index contributed by atoms with van der Waals surface area (Å²) in [6.45, 7) is 1.65. The molecule has 1 amide bonds. The molecule has 4 nitrogen and oxygen atoms in total. The van der Waals surface area contributed by atoms with Crippen molar-refractivity contribution in [3.63, 3.8) is 0 Å². The second-order valence-corrected chi connectivity index (χ2v) is 4.80. The molecule has 0 aromatic heterocycles. The molecule has 0 radical (unpaired) electrons. The summed E-state index contributed by atoms with van der Waals surface area (Å²) in [5.74, 6) is -0.371. The number of hydrogen-bond acceptors (Lipinski definition) is 3. The minimum Gasteiger partial charge on any atom is -0.479 e. The van der Waals surface area contributed by atoms with Crippen LogP contribution < -0.4 is 10.1 Å². The van der Waals surface area contributed by atoms with E-state index in [4.69, 9.17) is 4.74 Å². The predicted molar refractivity (Wildman–Crippen MR) is 75.0 cm³/mol. The van der Waals surface area contributed by atoms with Crippen LogP contribution in [0.2, 0.25) is 0 Å². The first-order valence-corrected chi connectivity index (χ1v) is 6.46. The summed E-state index contributed by atoms with van der Waals surface area (Å²) in [6, 6.07) is 10.1. The molecule has 0 fully saturated rings. The molecule has 1 aliphatic heterocycles. The molecule has 21 heavy (non-hydrogen) atoms. The van der Waals surface area contributed by atoms with Crippen LogP contribution in [0.1, 0.15) is 22.8 Å². The third kappa shape index (κ3) is 2.50. The third-order valence-electron chi connectivity index (χ3n) is 3.28. The zero-order valence-corrected chi connectivity index (χ0v) is 11.2. The molecule has 2 aromatic rings. The average Bonchev–Trinajstić information content (AvgIpc) is 2.48. The highest BCUT2D eigenvalue weighted by molar-refractivity contribution is 6.10. The summed E-state index contributed by atoms with van der Waals surface area (Å²) in [5, 5.41) is 2.69. The highest BCUT2D eigenvalue weighted by Gasteiger charge is 2.24. The standard InChI is InChI=1S/C16H12FNO3/c1-9-16(20)18-13-8-11(4-7-14(13)21-9)15(19)10-2-5-12(17)6-3-10/h2-9H,1H3,(H,18,20). The van der Waals surface area contributed by atoms with E-state index in [0.29, 0.717) is 22.6 Å². The first kappa shape index (κ1) is 13.3. The van der Waals surface area contributed by atoms with Crippen molar-refractivity contribution in [1.29, 1.82) is 0 Å². The first-order chi connectivity index (χ1) is 10.0. The number of rotatable bonds is 2. The summed E-state index contributed by atoms with van der Waals surface area (Å²) in [6.07, 6.45) is -0.559. The minimum atomic E-state index is -0.559. The molecule has 1 N–H and O–H groups in total. The molecule has 3 rings (SSSR count). The van der Waals surface area contributed by atoms with E-state index in [-0.39, 0.29) is 11.7 Å². The van der Waals surface area contributed by atoms with Crippen LogP contribution >= 0.6 is 0 Å². The number of halogens is 1. The van der Waals surface area contributed by atoms with Crippen LogP contribution in [-0.4, -0.2) is 17.8 Å². The molecule has 0 saturated carbocycles. The summed E-state index contributed by atoms with van der Waals surface area (Å²) in [4.78, 5) is 23.9. The lowest BCUT2D eigenvalue weighted by molar-refractivity contribution is -0.122. The lowest BCUT2D eigenvalue weighted by Gasteiger charge is -2.23. The molecule has 2 aromatic carbocycles. The molecular weight excluding hydrogens is 273 g/mol. The van der Waals surface area contributed by atoms with Crippen molar-refractivity contribution >= 4 is 17.4 Å². The quantitative estimate of drug-likeness (QED) is 0.863. The number of hydrogen-bond donors (Lipinski definition) is 1. The zero-order chi connectivity index (χ0) is 15.0. The van der Waals surface area contributed by atoms with Crippen molar-refractivity contribution in [2.75, 3.05) is 5.32 Å². The molecule has 1 heterocycles. The number of ketones is 1. The molecular formula is C16H12FNO3. The van der Waals surface area contributed by atoms with Crippen LogP contribution in [0.3, 0.4) is 0 Å². The number of fused-ring (bicyclic) bond motifs is 1. The maximum atomic E-state index is 12.9. The van der Waals surface area contributed by atoms with Gasteiger partial charge in [0.1, 0.15) is 11.6 Å². The lowest BCUT2D eigenvalue weighted by atomic mass is 10.0. The molecule has 1 atom stereocenters. The zero-order valence-electron chi connectivity index (χ0n) is 11.2. The van der Waals surface area contributed by atoms with Crippen molar-refractivity contribution in [3.8, 4) is 5.75 Å². The van der Waals surface area contributed by atoms with Crippen molar-refractivity contribution < 1.29 is 18.7 Å². The number of carbonyl (C=O) groups excluding carboxylic acids is 2. The molecule has 5 heteroatoms. The molecule has 0 spiro atoms. The van der Waals surface area contributed by atoms with Crippen LogP contribution in [0.5, 0.6) is 5.75 Å². The van der Waals surface area contributed by atoms with Gasteiger partial charge in [-0.25, -0.2) is 4.39 Å². The van der Waals surface area contributed by atoms with E-state index < -0.39 is 11.9 Å². The van der Waals surface area contributed by atoms with Gasteiger partial charge in [-0.05, 0) is 49.4 Å². The first-order valence-electron chi connectivity index (χ1n) is 6.46. The molecule has 0 bridgehead atoms. The van der Waals surface area contributed by atoms with E-state index in [1.807, 2.05) is 0 Å². The van der Waals surface area contributed by atoms with E-state index in [1.165, 1.54) is 24.3 Å². The van der Waals surface area contributed by atoms with Gasteiger partial charge in [-0.1, -0.05) is 0 Å². The Hall–Kier alpha value is -2.69. The molecule has 0 aliphatic carbocycles. The van der Waals surface area contributed by atoms with Crippen LogP contribution in [0.15, 0.2) is 42.5 Å². The topological polar surface area (TPSA) is 55.4 Å². The number of carbonyl (C=O) groups is 2. The molecule has 1 aliphatic rings. The number of benzene rings is 2. The Morgan fingerprint density at radius 2 is 1.81 bits per heavy atom. The highest BCUT2D eigenvalue weighted by Crippen LogP contribution is 2.31. The molecule has 1 unspecified atom stereocenters. The van der Waals surface area contributed by atoms with E-state index in [2.05, 4.69) is 5.32 Å². The van der Waals surface area contributed by atoms with Gasteiger partial charge in [0.05, 0.1) is 5.69 Å². The fraction of sp³-hybridized carbons (Fsp3) is 0.125. The maximum Gasteiger partial charge on any atom is 0.265 e. The SMILES string of the molecule is CC1Oc2ccc(C(=O)c3ccc(F)cc3)cc2NC1=O. The average molecular weight is 285 g/mol. The monoisotopic (exact) mass is 285 g/mol. The second kappa shape index (κ2) is 5.01. The normalized spacial score (nSPS) is 16.7. The van der Waals surface area contributed by atoms with Crippen LogP contribution in [0, 0.1) is 5.82 Å². The number of nitrogens with one attached hydrogen (secondary N) is 1. The Morgan fingerprint density at radius 3 is 2.52 bits per heavy atom. The van der Waals surface area contributed by atoms with Crippen molar-refractivity contribution in [2.24, 2.45) is 0 Å². The van der Waals surface area contributed by atoms with Gasteiger partial charge in [-0.15, -0.1) is 0 Å².